The Morgan fingerprint density at radius 2 is 2.29 bits per heavy atom. The van der Waals surface area contributed by atoms with Gasteiger partial charge in [-0.1, -0.05) is 40.7 Å². The van der Waals surface area contributed by atoms with E-state index in [1.165, 1.54) is 22.0 Å². The summed E-state index contributed by atoms with van der Waals surface area (Å²) < 4.78 is 11.4. The molecule has 0 bridgehead atoms. The number of hydrogen-bond acceptors (Lipinski definition) is 6. The van der Waals surface area contributed by atoms with Gasteiger partial charge in [-0.25, -0.2) is 4.98 Å². The van der Waals surface area contributed by atoms with E-state index in [-0.39, 0.29) is 0 Å². The molecule has 0 aliphatic rings. The van der Waals surface area contributed by atoms with Crippen LogP contribution in [0.1, 0.15) is 18.3 Å². The maximum absolute atomic E-state index is 5.02. The first-order chi connectivity index (χ1) is 10.2. The van der Waals surface area contributed by atoms with E-state index in [4.69, 9.17) is 4.74 Å². The largest absolute Gasteiger partial charge is 0.383 e. The van der Waals surface area contributed by atoms with Crippen molar-refractivity contribution in [3.63, 3.8) is 0 Å². The van der Waals surface area contributed by atoms with Crippen molar-refractivity contribution in [2.75, 3.05) is 20.3 Å². The molecule has 21 heavy (non-hydrogen) atoms. The van der Waals surface area contributed by atoms with Gasteiger partial charge in [0, 0.05) is 36.0 Å². The molecule has 0 spiro atoms. The number of nitrogens with zero attached hydrogens (tertiary/aromatic N) is 2. The van der Waals surface area contributed by atoms with Gasteiger partial charge < -0.3 is 10.1 Å². The van der Waals surface area contributed by atoms with Crippen LogP contribution in [0.15, 0.2) is 31.9 Å². The van der Waals surface area contributed by atoms with Crippen LogP contribution in [0.3, 0.4) is 0 Å². The molecule has 1 aromatic heterocycles. The minimum absolute atomic E-state index is 0.725. The van der Waals surface area contributed by atoms with E-state index >= 15 is 0 Å². The second kappa shape index (κ2) is 8.85. The Bertz CT molecular complexity index is 577. The van der Waals surface area contributed by atoms with E-state index in [1.807, 2.05) is 0 Å². The van der Waals surface area contributed by atoms with Gasteiger partial charge >= 0.3 is 0 Å². The predicted molar refractivity (Wildman–Crippen MR) is 91.1 cm³/mol. The van der Waals surface area contributed by atoms with E-state index in [1.54, 1.807) is 18.9 Å². The molecule has 0 aliphatic heterocycles. The Labute approximate surface area is 142 Å². The second-order valence-corrected chi connectivity index (χ2v) is 7.28. The van der Waals surface area contributed by atoms with Crippen LogP contribution >= 0.6 is 39.2 Å². The zero-order valence-corrected chi connectivity index (χ0v) is 15.3. The minimum Gasteiger partial charge on any atom is -0.383 e. The van der Waals surface area contributed by atoms with Crippen molar-refractivity contribution in [1.82, 2.24) is 14.7 Å². The average Bonchev–Trinajstić information content (AvgIpc) is 2.93. The highest BCUT2D eigenvalue weighted by molar-refractivity contribution is 9.10. The van der Waals surface area contributed by atoms with E-state index in [9.17, 15) is 0 Å². The summed E-state index contributed by atoms with van der Waals surface area (Å²) in [5, 5.41) is 3.34. The zero-order valence-electron chi connectivity index (χ0n) is 12.1. The topological polar surface area (TPSA) is 47.0 Å². The van der Waals surface area contributed by atoms with Gasteiger partial charge in [0.25, 0.3) is 0 Å². The summed E-state index contributed by atoms with van der Waals surface area (Å²) in [6.07, 6.45) is 0.882. The first kappa shape index (κ1) is 16.9. The molecular formula is C14H18BrN3OS2. The van der Waals surface area contributed by atoms with Gasteiger partial charge in [0.2, 0.25) is 0 Å². The maximum Gasteiger partial charge on any atom is 0.174 e. The Morgan fingerprint density at radius 1 is 1.43 bits per heavy atom. The van der Waals surface area contributed by atoms with Crippen molar-refractivity contribution in [2.45, 2.75) is 29.1 Å². The normalized spacial score (nSPS) is 11.0. The lowest BCUT2D eigenvalue weighted by atomic mass is 10.2. The molecule has 0 amide bonds. The van der Waals surface area contributed by atoms with Gasteiger partial charge in [0.05, 0.1) is 6.61 Å². The van der Waals surface area contributed by atoms with Gasteiger partial charge in [-0.2, -0.15) is 4.37 Å². The highest BCUT2D eigenvalue weighted by atomic mass is 79.9. The number of methoxy groups -OCH3 is 1. The molecule has 2 rings (SSSR count). The third-order valence-electron chi connectivity index (χ3n) is 2.79. The number of ether oxygens (including phenoxy) is 1. The summed E-state index contributed by atoms with van der Waals surface area (Å²) in [6.45, 7) is 4.47. The van der Waals surface area contributed by atoms with Crippen LogP contribution in [-0.4, -0.2) is 29.6 Å². The fraction of sp³-hybridized carbons (Fsp3) is 0.429. The third-order valence-corrected chi connectivity index (χ3v) is 5.31. The van der Waals surface area contributed by atoms with Crippen LogP contribution in [-0.2, 0) is 17.7 Å². The second-order valence-electron chi connectivity index (χ2n) is 4.35. The van der Waals surface area contributed by atoms with Crippen molar-refractivity contribution < 1.29 is 4.74 Å². The lowest BCUT2D eigenvalue weighted by molar-refractivity contribution is 0.199. The van der Waals surface area contributed by atoms with Crippen molar-refractivity contribution >= 4 is 39.2 Å². The summed E-state index contributed by atoms with van der Waals surface area (Å²) in [6, 6.07) is 6.38. The van der Waals surface area contributed by atoms with Crippen LogP contribution in [0.2, 0.25) is 0 Å². The summed E-state index contributed by atoms with van der Waals surface area (Å²) in [7, 11) is 1.71. The summed E-state index contributed by atoms with van der Waals surface area (Å²) >= 11 is 6.74. The third kappa shape index (κ3) is 5.34. The minimum atomic E-state index is 0.725. The van der Waals surface area contributed by atoms with Gasteiger partial charge in [0.1, 0.15) is 5.82 Å². The monoisotopic (exact) mass is 387 g/mol. The first-order valence-electron chi connectivity index (χ1n) is 6.71. The molecule has 4 nitrogen and oxygen atoms in total. The maximum atomic E-state index is 5.02. The Balaban J connectivity index is 1.94. The van der Waals surface area contributed by atoms with Crippen molar-refractivity contribution in [3.8, 4) is 0 Å². The number of hydrogen-bond donors (Lipinski definition) is 1. The summed E-state index contributed by atoms with van der Waals surface area (Å²) in [5.74, 6) is 0.917. The molecular weight excluding hydrogens is 370 g/mol. The van der Waals surface area contributed by atoms with E-state index < -0.39 is 0 Å². The molecule has 1 heterocycles. The van der Waals surface area contributed by atoms with Crippen LogP contribution in [0, 0.1) is 0 Å². The Kier molecular flexibility index (Phi) is 7.12. The number of halogens is 1. The smallest absolute Gasteiger partial charge is 0.174 e. The van der Waals surface area contributed by atoms with Gasteiger partial charge in [-0.05, 0) is 29.2 Å². The zero-order chi connectivity index (χ0) is 15.1. The number of benzene rings is 1. The fourth-order valence-corrected chi connectivity index (χ4v) is 4.04. The van der Waals surface area contributed by atoms with E-state index in [0.717, 1.165) is 40.8 Å². The number of aromatic nitrogens is 2. The lowest BCUT2D eigenvalue weighted by Crippen LogP contribution is -2.18. The molecule has 0 unspecified atom stereocenters. The van der Waals surface area contributed by atoms with Crippen molar-refractivity contribution in [1.29, 1.82) is 0 Å². The Hall–Kier alpha value is -0.470. The molecule has 7 heteroatoms. The van der Waals surface area contributed by atoms with Crippen LogP contribution in [0.4, 0.5) is 0 Å². The quantitative estimate of drug-likeness (QED) is 0.698. The predicted octanol–water partition coefficient (Wildman–Crippen LogP) is 3.75. The summed E-state index contributed by atoms with van der Waals surface area (Å²) in [5.41, 5.74) is 1.24. The van der Waals surface area contributed by atoms with Gasteiger partial charge in [-0.15, -0.1) is 0 Å². The highest BCUT2D eigenvalue weighted by Crippen LogP contribution is 2.32. The number of aryl methyl sites for hydroxylation is 1. The fourth-order valence-electron chi connectivity index (χ4n) is 1.66. The lowest BCUT2D eigenvalue weighted by Gasteiger charge is -2.08. The average molecular weight is 388 g/mol. The molecule has 0 saturated heterocycles. The molecule has 0 radical (unpaired) electrons. The molecule has 1 N–H and O–H groups in total. The van der Waals surface area contributed by atoms with E-state index in [2.05, 4.69) is 55.7 Å². The number of rotatable bonds is 8. The van der Waals surface area contributed by atoms with Crippen molar-refractivity contribution in [2.24, 2.45) is 0 Å². The molecule has 0 atom stereocenters. The Morgan fingerprint density at radius 3 is 2.95 bits per heavy atom. The molecule has 1 aromatic carbocycles. The molecule has 0 saturated carbocycles. The van der Waals surface area contributed by atoms with Crippen LogP contribution in [0.25, 0.3) is 0 Å². The standard InChI is InChI=1S/C14H18BrN3OS2/c1-3-13-17-14(21-18-13)20-11-5-4-10(12(15)8-11)9-16-6-7-19-2/h4-5,8,16H,3,6-7,9H2,1-2H3. The summed E-state index contributed by atoms with van der Waals surface area (Å²) in [4.78, 5) is 5.64. The highest BCUT2D eigenvalue weighted by Gasteiger charge is 2.07. The SMILES string of the molecule is CCc1nsc(Sc2ccc(CNCCOC)c(Br)c2)n1. The van der Waals surface area contributed by atoms with Gasteiger partial charge in [0.15, 0.2) is 4.34 Å². The van der Waals surface area contributed by atoms with Crippen molar-refractivity contribution in [3.05, 3.63) is 34.1 Å². The molecule has 2 aromatic rings. The van der Waals surface area contributed by atoms with Crippen LogP contribution in [0.5, 0.6) is 0 Å². The van der Waals surface area contributed by atoms with E-state index in [0.29, 0.717) is 0 Å². The first-order valence-corrected chi connectivity index (χ1v) is 9.09. The number of nitrogens with one attached hydrogen (secondary N) is 1. The van der Waals surface area contributed by atoms with Crippen LogP contribution < -0.4 is 5.32 Å². The molecule has 0 aliphatic carbocycles. The molecule has 0 fully saturated rings. The van der Waals surface area contributed by atoms with Gasteiger partial charge in [-0.3, -0.25) is 0 Å². The molecule has 114 valence electrons.